The molecule has 1 aromatic carbocycles. The van der Waals surface area contributed by atoms with Gasteiger partial charge in [-0.25, -0.2) is 4.98 Å². The molecule has 1 unspecified atom stereocenters. The second-order valence-corrected chi connectivity index (χ2v) is 9.52. The fraction of sp³-hybridized carbons (Fsp3) is 0.409. The van der Waals surface area contributed by atoms with Crippen molar-refractivity contribution in [1.82, 2.24) is 24.6 Å². The number of rotatable bonds is 9. The van der Waals surface area contributed by atoms with Crippen LogP contribution in [0.4, 0.5) is 5.13 Å². The minimum Gasteiger partial charge on any atom is -0.482 e. The number of aryl methyl sites for hydroxylation is 2. The van der Waals surface area contributed by atoms with Crippen LogP contribution in [-0.2, 0) is 11.3 Å². The number of thiazole rings is 1. The number of benzene rings is 1. The highest BCUT2D eigenvalue weighted by Gasteiger charge is 2.21. The average molecular weight is 489 g/mol. The Morgan fingerprint density at radius 2 is 1.97 bits per heavy atom. The molecule has 0 aliphatic heterocycles. The quantitative estimate of drug-likeness (QED) is 0.455. The number of carbonyl (C=O) groups is 2. The molecule has 0 spiro atoms. The Morgan fingerprint density at radius 1 is 1.24 bits per heavy atom. The van der Waals surface area contributed by atoms with Crippen LogP contribution >= 0.6 is 23.1 Å². The third-order valence-electron chi connectivity index (χ3n) is 4.80. The van der Waals surface area contributed by atoms with Crippen molar-refractivity contribution in [2.75, 3.05) is 25.2 Å². The lowest BCUT2D eigenvalue weighted by Crippen LogP contribution is -2.21. The van der Waals surface area contributed by atoms with Crippen LogP contribution in [0.2, 0.25) is 0 Å². The number of thioether (sulfide) groups is 1. The van der Waals surface area contributed by atoms with Crippen LogP contribution in [0.5, 0.6) is 5.75 Å². The third-order valence-corrected chi connectivity index (χ3v) is 6.83. The van der Waals surface area contributed by atoms with E-state index in [-0.39, 0.29) is 23.7 Å². The number of nitrogens with one attached hydrogen (secondary N) is 1. The van der Waals surface area contributed by atoms with Gasteiger partial charge in [0.1, 0.15) is 10.6 Å². The molecule has 2 aromatic heterocycles. The highest BCUT2D eigenvalue weighted by atomic mass is 32.2. The number of nitrogens with zero attached hydrogens (tertiary/aromatic N) is 5. The molecule has 3 aromatic rings. The fourth-order valence-electron chi connectivity index (χ4n) is 3.07. The molecule has 11 heteroatoms. The maximum Gasteiger partial charge on any atom is 0.265 e. The van der Waals surface area contributed by atoms with Gasteiger partial charge >= 0.3 is 0 Å². The first-order chi connectivity index (χ1) is 15.7. The summed E-state index contributed by atoms with van der Waals surface area (Å²) in [7, 11) is 3.36. The molecular formula is C22H28N6O3S2. The number of ether oxygens (including phenoxy) is 1. The van der Waals surface area contributed by atoms with E-state index in [0.29, 0.717) is 33.2 Å². The number of aromatic nitrogens is 4. The summed E-state index contributed by atoms with van der Waals surface area (Å²) in [5.41, 5.74) is 1.64. The molecule has 0 saturated heterocycles. The number of anilines is 1. The van der Waals surface area contributed by atoms with Crippen molar-refractivity contribution < 1.29 is 14.3 Å². The number of carbonyl (C=O) groups excluding carboxylic acids is 2. The van der Waals surface area contributed by atoms with Gasteiger partial charge in [-0.15, -0.1) is 10.2 Å². The number of amides is 2. The van der Waals surface area contributed by atoms with E-state index in [1.165, 1.54) is 28.0 Å². The van der Waals surface area contributed by atoms with Crippen molar-refractivity contribution in [3.8, 4) is 5.75 Å². The van der Waals surface area contributed by atoms with E-state index in [9.17, 15) is 9.59 Å². The first kappa shape index (κ1) is 24.7. The van der Waals surface area contributed by atoms with Crippen molar-refractivity contribution in [3.05, 3.63) is 46.2 Å². The van der Waals surface area contributed by atoms with E-state index in [1.54, 1.807) is 21.0 Å². The van der Waals surface area contributed by atoms with E-state index < -0.39 is 0 Å². The Hall–Kier alpha value is -2.92. The maximum absolute atomic E-state index is 12.5. The van der Waals surface area contributed by atoms with Gasteiger partial charge in [0.25, 0.3) is 5.91 Å². The first-order valence-electron chi connectivity index (χ1n) is 10.5. The molecule has 2 heterocycles. The predicted octanol–water partition coefficient (Wildman–Crippen LogP) is 3.94. The monoisotopic (exact) mass is 488 g/mol. The summed E-state index contributed by atoms with van der Waals surface area (Å²) in [5.74, 6) is 1.28. The summed E-state index contributed by atoms with van der Waals surface area (Å²) in [6, 6.07) is 7.82. The molecule has 0 saturated carbocycles. The van der Waals surface area contributed by atoms with Gasteiger partial charge in [0.05, 0.1) is 11.4 Å². The van der Waals surface area contributed by atoms with Gasteiger partial charge in [-0.05, 0) is 39.3 Å². The second kappa shape index (κ2) is 10.8. The topological polar surface area (TPSA) is 102 Å². The Morgan fingerprint density at radius 3 is 2.64 bits per heavy atom. The van der Waals surface area contributed by atoms with Crippen LogP contribution in [-0.4, -0.2) is 56.3 Å². The van der Waals surface area contributed by atoms with Gasteiger partial charge in [-0.3, -0.25) is 9.59 Å². The van der Waals surface area contributed by atoms with Crippen LogP contribution in [0.1, 0.15) is 46.7 Å². The highest BCUT2D eigenvalue weighted by molar-refractivity contribution is 7.99. The van der Waals surface area contributed by atoms with Crippen LogP contribution in [0.3, 0.4) is 0 Å². The van der Waals surface area contributed by atoms with Gasteiger partial charge < -0.3 is 19.5 Å². The SMILES string of the molecule is CCn1c(SCC(=O)Nc2nc(C)c(C(=O)N(C)C)s2)nnc1C(C)Oc1ccccc1C. The normalized spacial score (nSPS) is 11.8. The summed E-state index contributed by atoms with van der Waals surface area (Å²) in [6.07, 6.45) is -0.298. The Bertz CT molecular complexity index is 1140. The van der Waals surface area contributed by atoms with Crippen molar-refractivity contribution in [3.63, 3.8) is 0 Å². The number of hydrogen-bond donors (Lipinski definition) is 1. The van der Waals surface area contributed by atoms with E-state index >= 15 is 0 Å². The van der Waals surface area contributed by atoms with Gasteiger partial charge in [0.2, 0.25) is 5.91 Å². The minimum atomic E-state index is -0.298. The van der Waals surface area contributed by atoms with Gasteiger partial charge in [0.15, 0.2) is 22.2 Å². The van der Waals surface area contributed by atoms with Gasteiger partial charge in [-0.1, -0.05) is 41.3 Å². The molecule has 1 N–H and O–H groups in total. The van der Waals surface area contributed by atoms with Crippen LogP contribution < -0.4 is 10.1 Å². The zero-order valence-corrected chi connectivity index (χ0v) is 21.2. The largest absolute Gasteiger partial charge is 0.482 e. The van der Waals surface area contributed by atoms with Gasteiger partial charge in [-0.2, -0.15) is 0 Å². The summed E-state index contributed by atoms with van der Waals surface area (Å²) in [4.78, 5) is 31.0. The smallest absolute Gasteiger partial charge is 0.265 e. The van der Waals surface area contributed by atoms with Crippen molar-refractivity contribution >= 4 is 40.0 Å². The number of para-hydroxylation sites is 1. The fourth-order valence-corrected chi connectivity index (χ4v) is 4.89. The lowest BCUT2D eigenvalue weighted by atomic mass is 10.2. The molecule has 0 fully saturated rings. The number of hydrogen-bond acceptors (Lipinski definition) is 8. The summed E-state index contributed by atoms with van der Waals surface area (Å²) in [5, 5.41) is 12.4. The summed E-state index contributed by atoms with van der Waals surface area (Å²) in [6.45, 7) is 8.33. The van der Waals surface area contributed by atoms with E-state index in [0.717, 1.165) is 11.3 Å². The van der Waals surface area contributed by atoms with Crippen LogP contribution in [0, 0.1) is 13.8 Å². The summed E-state index contributed by atoms with van der Waals surface area (Å²) < 4.78 is 8.04. The molecule has 2 amide bonds. The minimum absolute atomic E-state index is 0.134. The molecular weight excluding hydrogens is 460 g/mol. The van der Waals surface area contributed by atoms with E-state index in [2.05, 4.69) is 20.5 Å². The standard InChI is InChI=1S/C22H28N6O3S2/c1-7-28-19(15(4)31-16-11-9-8-10-13(16)2)25-26-22(28)32-12-17(29)24-21-23-14(3)18(33-21)20(30)27(5)6/h8-11,15H,7,12H2,1-6H3,(H,23,24,29). The third kappa shape index (κ3) is 5.91. The Labute approximate surface area is 201 Å². The summed E-state index contributed by atoms with van der Waals surface area (Å²) >= 11 is 2.46. The zero-order valence-electron chi connectivity index (χ0n) is 19.6. The maximum atomic E-state index is 12.5. The molecule has 1 atom stereocenters. The van der Waals surface area contributed by atoms with E-state index in [1.807, 2.05) is 49.6 Å². The van der Waals surface area contributed by atoms with Crippen LogP contribution in [0.15, 0.2) is 29.4 Å². The molecule has 3 rings (SSSR count). The molecule has 0 bridgehead atoms. The van der Waals surface area contributed by atoms with Gasteiger partial charge in [0, 0.05) is 20.6 Å². The van der Waals surface area contributed by atoms with Crippen molar-refractivity contribution in [2.24, 2.45) is 0 Å². The molecule has 0 radical (unpaired) electrons. The molecule has 0 aliphatic rings. The second-order valence-electron chi connectivity index (χ2n) is 7.58. The molecule has 176 valence electrons. The van der Waals surface area contributed by atoms with Crippen molar-refractivity contribution in [2.45, 2.75) is 45.5 Å². The lowest BCUT2D eigenvalue weighted by molar-refractivity contribution is -0.113. The average Bonchev–Trinajstić information content (AvgIpc) is 3.35. The predicted molar refractivity (Wildman–Crippen MR) is 130 cm³/mol. The lowest BCUT2D eigenvalue weighted by Gasteiger charge is -2.16. The van der Waals surface area contributed by atoms with E-state index in [4.69, 9.17) is 4.74 Å². The Balaban J connectivity index is 1.63. The molecule has 0 aliphatic carbocycles. The van der Waals surface area contributed by atoms with Crippen LogP contribution in [0.25, 0.3) is 0 Å². The molecule has 33 heavy (non-hydrogen) atoms. The highest BCUT2D eigenvalue weighted by Crippen LogP contribution is 2.27. The first-order valence-corrected chi connectivity index (χ1v) is 12.3. The van der Waals surface area contributed by atoms with Crippen molar-refractivity contribution in [1.29, 1.82) is 0 Å². The molecule has 9 nitrogen and oxygen atoms in total. The zero-order chi connectivity index (χ0) is 24.1. The Kier molecular flexibility index (Phi) is 8.09.